The minimum absolute atomic E-state index is 0.0506. The zero-order chi connectivity index (χ0) is 18.1. The number of nitrogens with one attached hydrogen (secondary N) is 2. The maximum atomic E-state index is 12.3. The van der Waals surface area contributed by atoms with Crippen molar-refractivity contribution in [3.05, 3.63) is 65.7 Å². The van der Waals surface area contributed by atoms with Gasteiger partial charge in [-0.2, -0.15) is 0 Å². The zero-order valence-electron chi connectivity index (χ0n) is 14.3. The minimum atomic E-state index is -0.393. The third-order valence-corrected chi connectivity index (χ3v) is 3.59. The first-order valence-electron chi connectivity index (χ1n) is 7.90. The van der Waals surface area contributed by atoms with Crippen LogP contribution in [0.5, 0.6) is 0 Å². The Kier molecular flexibility index (Phi) is 7.28. The SMILES string of the molecule is COC(CNCC(=O)Nc1ccc(C(=O)c2ccccc2)cc1)OC. The lowest BCUT2D eigenvalue weighted by Gasteiger charge is -2.14. The lowest BCUT2D eigenvalue weighted by molar-refractivity contribution is -0.116. The molecule has 6 nitrogen and oxygen atoms in total. The normalized spacial score (nSPS) is 10.7. The topological polar surface area (TPSA) is 76.7 Å². The van der Waals surface area contributed by atoms with Crippen molar-refractivity contribution in [2.24, 2.45) is 0 Å². The summed E-state index contributed by atoms with van der Waals surface area (Å²) < 4.78 is 10.0. The van der Waals surface area contributed by atoms with Gasteiger partial charge in [-0.3, -0.25) is 9.59 Å². The van der Waals surface area contributed by atoms with Gasteiger partial charge in [-0.05, 0) is 24.3 Å². The van der Waals surface area contributed by atoms with Crippen molar-refractivity contribution in [2.45, 2.75) is 6.29 Å². The van der Waals surface area contributed by atoms with Gasteiger partial charge in [0.2, 0.25) is 5.91 Å². The summed E-state index contributed by atoms with van der Waals surface area (Å²) in [5.41, 5.74) is 1.84. The Hall–Kier alpha value is -2.54. The van der Waals surface area contributed by atoms with Gasteiger partial charge in [-0.25, -0.2) is 0 Å². The summed E-state index contributed by atoms with van der Waals surface area (Å²) in [4.78, 5) is 24.2. The van der Waals surface area contributed by atoms with Crippen LogP contribution in [-0.2, 0) is 14.3 Å². The number of hydrogen-bond acceptors (Lipinski definition) is 5. The maximum absolute atomic E-state index is 12.3. The van der Waals surface area contributed by atoms with Crippen LogP contribution in [0, 0.1) is 0 Å². The molecule has 2 rings (SSSR count). The van der Waals surface area contributed by atoms with Crippen molar-refractivity contribution >= 4 is 17.4 Å². The average molecular weight is 342 g/mol. The van der Waals surface area contributed by atoms with E-state index in [2.05, 4.69) is 10.6 Å². The minimum Gasteiger partial charge on any atom is -0.355 e. The first kappa shape index (κ1) is 18.8. The molecule has 132 valence electrons. The predicted molar refractivity (Wildman–Crippen MR) is 95.6 cm³/mol. The second kappa shape index (κ2) is 9.68. The fourth-order valence-corrected chi connectivity index (χ4v) is 2.23. The molecule has 6 heteroatoms. The van der Waals surface area contributed by atoms with Crippen molar-refractivity contribution in [2.75, 3.05) is 32.6 Å². The third-order valence-electron chi connectivity index (χ3n) is 3.59. The molecule has 0 saturated carbocycles. The molecule has 0 radical (unpaired) electrons. The summed E-state index contributed by atoms with van der Waals surface area (Å²) in [5, 5.41) is 5.71. The highest BCUT2D eigenvalue weighted by atomic mass is 16.7. The van der Waals surface area contributed by atoms with Crippen LogP contribution in [0.15, 0.2) is 54.6 Å². The van der Waals surface area contributed by atoms with E-state index in [1.165, 1.54) is 14.2 Å². The molecule has 0 saturated heterocycles. The summed E-state index contributed by atoms with van der Waals surface area (Å²) in [6, 6.07) is 15.9. The van der Waals surface area contributed by atoms with Crippen molar-refractivity contribution in [3.8, 4) is 0 Å². The predicted octanol–water partition coefficient (Wildman–Crippen LogP) is 2.06. The molecule has 0 aliphatic carbocycles. The first-order chi connectivity index (χ1) is 12.1. The third kappa shape index (κ3) is 5.79. The van der Waals surface area contributed by atoms with Crippen LogP contribution in [0.3, 0.4) is 0 Å². The Morgan fingerprint density at radius 1 is 0.920 bits per heavy atom. The summed E-state index contributed by atoms with van der Waals surface area (Å²) in [7, 11) is 3.07. The Morgan fingerprint density at radius 3 is 2.12 bits per heavy atom. The van der Waals surface area contributed by atoms with Crippen LogP contribution in [0.1, 0.15) is 15.9 Å². The maximum Gasteiger partial charge on any atom is 0.238 e. The van der Waals surface area contributed by atoms with Gasteiger partial charge in [0.05, 0.1) is 6.54 Å². The van der Waals surface area contributed by atoms with E-state index in [-0.39, 0.29) is 18.2 Å². The molecule has 1 amide bonds. The highest BCUT2D eigenvalue weighted by molar-refractivity contribution is 6.09. The molecular formula is C19H22N2O4. The number of hydrogen-bond donors (Lipinski definition) is 2. The number of amides is 1. The molecule has 0 spiro atoms. The fraction of sp³-hybridized carbons (Fsp3) is 0.263. The lowest BCUT2D eigenvalue weighted by Crippen LogP contribution is -2.35. The average Bonchev–Trinajstić information content (AvgIpc) is 2.66. The number of carbonyl (C=O) groups excluding carboxylic acids is 2. The number of benzene rings is 2. The molecule has 2 aromatic rings. The molecule has 25 heavy (non-hydrogen) atoms. The summed E-state index contributed by atoms with van der Waals surface area (Å²) in [6.07, 6.45) is -0.393. The van der Waals surface area contributed by atoms with Crippen LogP contribution < -0.4 is 10.6 Å². The van der Waals surface area contributed by atoms with Gasteiger partial charge in [0, 0.05) is 37.6 Å². The van der Waals surface area contributed by atoms with Gasteiger partial charge in [0.1, 0.15) is 0 Å². The number of ketones is 1. The molecule has 0 fully saturated rings. The van der Waals surface area contributed by atoms with Crippen molar-refractivity contribution < 1.29 is 19.1 Å². The Morgan fingerprint density at radius 2 is 1.52 bits per heavy atom. The Bertz CT molecular complexity index is 682. The first-order valence-corrected chi connectivity index (χ1v) is 7.90. The molecule has 0 atom stereocenters. The second-order valence-corrected chi connectivity index (χ2v) is 5.35. The van der Waals surface area contributed by atoms with Crippen LogP contribution in [-0.4, -0.2) is 45.3 Å². The van der Waals surface area contributed by atoms with Gasteiger partial charge in [0.15, 0.2) is 12.1 Å². The van der Waals surface area contributed by atoms with E-state index >= 15 is 0 Å². The zero-order valence-corrected chi connectivity index (χ0v) is 14.3. The van der Waals surface area contributed by atoms with Crippen LogP contribution in [0.25, 0.3) is 0 Å². The molecule has 0 heterocycles. The standard InChI is InChI=1S/C19H22N2O4/c1-24-18(25-2)13-20-12-17(22)21-16-10-8-15(9-11-16)19(23)14-6-4-3-5-7-14/h3-11,18,20H,12-13H2,1-2H3,(H,21,22). The van der Waals surface area contributed by atoms with Gasteiger partial charge >= 0.3 is 0 Å². The molecule has 2 N–H and O–H groups in total. The Balaban J connectivity index is 1.86. The molecule has 2 aromatic carbocycles. The fourth-order valence-electron chi connectivity index (χ4n) is 2.23. The smallest absolute Gasteiger partial charge is 0.238 e. The van der Waals surface area contributed by atoms with E-state index in [0.29, 0.717) is 23.4 Å². The van der Waals surface area contributed by atoms with Gasteiger partial charge in [-0.1, -0.05) is 30.3 Å². The van der Waals surface area contributed by atoms with E-state index < -0.39 is 6.29 Å². The van der Waals surface area contributed by atoms with Gasteiger partial charge in [-0.15, -0.1) is 0 Å². The highest BCUT2D eigenvalue weighted by Crippen LogP contribution is 2.13. The van der Waals surface area contributed by atoms with Crippen LogP contribution in [0.4, 0.5) is 5.69 Å². The number of ether oxygens (including phenoxy) is 2. The highest BCUT2D eigenvalue weighted by Gasteiger charge is 2.09. The molecule has 0 aliphatic heterocycles. The van der Waals surface area contributed by atoms with Crippen LogP contribution >= 0.6 is 0 Å². The van der Waals surface area contributed by atoms with Crippen molar-refractivity contribution in [1.29, 1.82) is 0 Å². The molecule has 0 unspecified atom stereocenters. The van der Waals surface area contributed by atoms with E-state index in [1.807, 2.05) is 18.2 Å². The Labute approximate surface area is 147 Å². The summed E-state index contributed by atoms with van der Waals surface area (Å²) in [5.74, 6) is -0.238. The number of carbonyl (C=O) groups is 2. The molecule has 0 aliphatic rings. The summed E-state index contributed by atoms with van der Waals surface area (Å²) in [6.45, 7) is 0.541. The van der Waals surface area contributed by atoms with E-state index in [1.54, 1.807) is 36.4 Å². The lowest BCUT2D eigenvalue weighted by atomic mass is 10.0. The van der Waals surface area contributed by atoms with Crippen molar-refractivity contribution in [1.82, 2.24) is 5.32 Å². The largest absolute Gasteiger partial charge is 0.355 e. The summed E-state index contributed by atoms with van der Waals surface area (Å²) >= 11 is 0. The van der Waals surface area contributed by atoms with E-state index in [4.69, 9.17) is 9.47 Å². The van der Waals surface area contributed by atoms with Gasteiger partial charge in [0.25, 0.3) is 0 Å². The van der Waals surface area contributed by atoms with Crippen molar-refractivity contribution in [3.63, 3.8) is 0 Å². The van der Waals surface area contributed by atoms with E-state index in [0.717, 1.165) is 0 Å². The molecular weight excluding hydrogens is 320 g/mol. The molecule has 0 bridgehead atoms. The van der Waals surface area contributed by atoms with Crippen LogP contribution in [0.2, 0.25) is 0 Å². The quantitative estimate of drug-likeness (QED) is 0.539. The monoisotopic (exact) mass is 342 g/mol. The molecule has 0 aromatic heterocycles. The second-order valence-electron chi connectivity index (χ2n) is 5.35. The number of rotatable bonds is 9. The van der Waals surface area contributed by atoms with E-state index in [9.17, 15) is 9.59 Å². The van der Waals surface area contributed by atoms with Gasteiger partial charge < -0.3 is 20.1 Å². The number of methoxy groups -OCH3 is 2. The number of anilines is 1.